The molecule has 1 amide bonds. The molecule has 0 aliphatic heterocycles. The largest absolute Gasteiger partial charge is 0.476 e. The first kappa shape index (κ1) is 18.0. The van der Waals surface area contributed by atoms with Crippen LogP contribution in [0.5, 0.6) is 5.75 Å². The fourth-order valence-corrected chi connectivity index (χ4v) is 1.73. The second-order valence-corrected chi connectivity index (χ2v) is 6.72. The molecule has 0 aromatic heterocycles. The number of rotatable bonds is 6. The Labute approximate surface area is 131 Å². The molecule has 0 heterocycles. The Morgan fingerprint density at radius 3 is 2.05 bits per heavy atom. The Morgan fingerprint density at radius 2 is 1.59 bits per heavy atom. The van der Waals surface area contributed by atoms with E-state index in [1.807, 2.05) is 32.9 Å². The molecule has 0 aliphatic rings. The van der Waals surface area contributed by atoms with Crippen molar-refractivity contribution in [3.63, 3.8) is 0 Å². The maximum absolute atomic E-state index is 12.1. The highest BCUT2D eigenvalue weighted by molar-refractivity contribution is 5.79. The number of amides is 1. The second kappa shape index (κ2) is 6.81. The first-order chi connectivity index (χ1) is 9.99. The van der Waals surface area contributed by atoms with Crippen LogP contribution in [-0.2, 0) is 20.7 Å². The molecule has 5 nitrogen and oxygen atoms in total. The van der Waals surface area contributed by atoms with E-state index in [2.05, 4.69) is 0 Å². The zero-order valence-corrected chi connectivity index (χ0v) is 13.9. The van der Waals surface area contributed by atoms with Crippen LogP contribution >= 0.6 is 0 Å². The number of nitrogens with two attached hydrogens (primary N) is 1. The highest BCUT2D eigenvalue weighted by Crippen LogP contribution is 2.22. The van der Waals surface area contributed by atoms with E-state index in [0.717, 1.165) is 5.56 Å². The topological polar surface area (TPSA) is 78.6 Å². The van der Waals surface area contributed by atoms with Crippen molar-refractivity contribution in [2.24, 2.45) is 5.73 Å². The van der Waals surface area contributed by atoms with Crippen molar-refractivity contribution in [2.45, 2.75) is 58.7 Å². The van der Waals surface area contributed by atoms with Gasteiger partial charge in [-0.2, -0.15) is 0 Å². The van der Waals surface area contributed by atoms with Gasteiger partial charge in [0.25, 0.3) is 0 Å². The first-order valence-electron chi connectivity index (χ1n) is 7.29. The number of carbonyl (C=O) groups is 2. The van der Waals surface area contributed by atoms with Crippen LogP contribution in [0.3, 0.4) is 0 Å². The molecule has 1 aromatic rings. The van der Waals surface area contributed by atoms with Gasteiger partial charge in [-0.3, -0.25) is 4.79 Å². The van der Waals surface area contributed by atoms with Gasteiger partial charge in [0.1, 0.15) is 11.4 Å². The third-order valence-electron chi connectivity index (χ3n) is 2.85. The minimum absolute atomic E-state index is 0.309. The zero-order chi connectivity index (χ0) is 17.0. The third-order valence-corrected chi connectivity index (χ3v) is 2.85. The minimum Gasteiger partial charge on any atom is -0.476 e. The number of primary amides is 1. The Kier molecular flexibility index (Phi) is 5.58. The van der Waals surface area contributed by atoms with Crippen LogP contribution in [0, 0.1) is 0 Å². The third kappa shape index (κ3) is 6.16. The van der Waals surface area contributed by atoms with Gasteiger partial charge in [-0.1, -0.05) is 12.1 Å². The summed E-state index contributed by atoms with van der Waals surface area (Å²) in [4.78, 5) is 22.9. The van der Waals surface area contributed by atoms with Gasteiger partial charge in [-0.25, -0.2) is 4.79 Å². The summed E-state index contributed by atoms with van der Waals surface area (Å²) in [6.07, 6.45) is 0.897. The summed E-state index contributed by atoms with van der Waals surface area (Å²) in [5, 5.41) is 0. The molecule has 0 atom stereocenters. The molecule has 2 N–H and O–H groups in total. The maximum Gasteiger partial charge on any atom is 0.350 e. The zero-order valence-electron chi connectivity index (χ0n) is 13.9. The van der Waals surface area contributed by atoms with E-state index < -0.39 is 17.2 Å². The summed E-state index contributed by atoms with van der Waals surface area (Å²) in [6, 6.07) is 7.23. The number of hydrogen-bond donors (Lipinski definition) is 1. The van der Waals surface area contributed by atoms with Gasteiger partial charge in [0.05, 0.1) is 0 Å². The lowest BCUT2D eigenvalue weighted by atomic mass is 10.1. The highest BCUT2D eigenvalue weighted by Gasteiger charge is 2.34. The SMILES string of the molecule is CC(C)(C)OC(=O)C(C)(C)Oc1ccc(CCC(N)=O)cc1. The van der Waals surface area contributed by atoms with Gasteiger partial charge in [0, 0.05) is 6.42 Å². The lowest BCUT2D eigenvalue weighted by Gasteiger charge is -2.29. The molecule has 122 valence electrons. The smallest absolute Gasteiger partial charge is 0.350 e. The van der Waals surface area contributed by atoms with Crippen molar-refractivity contribution in [2.75, 3.05) is 0 Å². The average molecular weight is 307 g/mol. The van der Waals surface area contributed by atoms with E-state index in [-0.39, 0.29) is 5.91 Å². The van der Waals surface area contributed by atoms with Gasteiger partial charge >= 0.3 is 5.97 Å². The predicted molar refractivity (Wildman–Crippen MR) is 84.5 cm³/mol. The molecule has 0 radical (unpaired) electrons. The minimum atomic E-state index is -1.08. The Balaban J connectivity index is 2.69. The molecule has 0 aliphatic carbocycles. The fourth-order valence-electron chi connectivity index (χ4n) is 1.73. The number of benzene rings is 1. The molecule has 0 saturated carbocycles. The van der Waals surface area contributed by atoms with E-state index in [1.54, 1.807) is 26.0 Å². The lowest BCUT2D eigenvalue weighted by Crippen LogP contribution is -2.43. The van der Waals surface area contributed by atoms with Crippen LogP contribution in [0.1, 0.15) is 46.6 Å². The molecule has 5 heteroatoms. The summed E-state index contributed by atoms with van der Waals surface area (Å²) in [6.45, 7) is 8.78. The van der Waals surface area contributed by atoms with Gasteiger partial charge in [-0.15, -0.1) is 0 Å². The number of ether oxygens (including phenoxy) is 2. The van der Waals surface area contributed by atoms with Crippen LogP contribution in [-0.4, -0.2) is 23.1 Å². The van der Waals surface area contributed by atoms with Crippen LogP contribution < -0.4 is 10.5 Å². The van der Waals surface area contributed by atoms with Gasteiger partial charge in [0.15, 0.2) is 5.60 Å². The van der Waals surface area contributed by atoms with Crippen LogP contribution in [0.4, 0.5) is 0 Å². The van der Waals surface area contributed by atoms with Crippen LogP contribution in [0.15, 0.2) is 24.3 Å². The predicted octanol–water partition coefficient (Wildman–Crippen LogP) is 2.60. The molecular formula is C17H25NO4. The van der Waals surface area contributed by atoms with Gasteiger partial charge in [-0.05, 0) is 58.7 Å². The van der Waals surface area contributed by atoms with E-state index in [9.17, 15) is 9.59 Å². The number of hydrogen-bond acceptors (Lipinski definition) is 4. The average Bonchev–Trinajstić information content (AvgIpc) is 2.35. The standard InChI is InChI=1S/C17H25NO4/c1-16(2,3)22-15(20)17(4,5)21-13-9-6-12(7-10-13)8-11-14(18)19/h6-7,9-10H,8,11H2,1-5H3,(H2,18,19). The lowest BCUT2D eigenvalue weighted by molar-refractivity contribution is -0.170. The van der Waals surface area contributed by atoms with Crippen LogP contribution in [0.2, 0.25) is 0 Å². The number of esters is 1. The van der Waals surface area contributed by atoms with E-state index in [4.69, 9.17) is 15.2 Å². The van der Waals surface area contributed by atoms with Crippen molar-refractivity contribution < 1.29 is 19.1 Å². The molecular weight excluding hydrogens is 282 g/mol. The quantitative estimate of drug-likeness (QED) is 0.819. The first-order valence-corrected chi connectivity index (χ1v) is 7.29. The fraction of sp³-hybridized carbons (Fsp3) is 0.529. The normalized spacial score (nSPS) is 11.9. The van der Waals surface area contributed by atoms with Crippen molar-refractivity contribution in [3.8, 4) is 5.75 Å². The summed E-state index contributed by atoms with van der Waals surface area (Å²) >= 11 is 0. The molecule has 0 bridgehead atoms. The molecule has 22 heavy (non-hydrogen) atoms. The summed E-state index contributed by atoms with van der Waals surface area (Å²) < 4.78 is 11.1. The number of aryl methyl sites for hydroxylation is 1. The molecule has 0 fully saturated rings. The molecule has 1 aromatic carbocycles. The van der Waals surface area contributed by atoms with Crippen molar-refractivity contribution in [1.29, 1.82) is 0 Å². The Morgan fingerprint density at radius 1 is 1.05 bits per heavy atom. The molecule has 0 saturated heterocycles. The van der Waals surface area contributed by atoms with Crippen molar-refractivity contribution >= 4 is 11.9 Å². The van der Waals surface area contributed by atoms with Gasteiger partial charge in [0.2, 0.25) is 5.91 Å². The molecule has 0 spiro atoms. The highest BCUT2D eigenvalue weighted by atomic mass is 16.6. The maximum atomic E-state index is 12.1. The van der Waals surface area contributed by atoms with Gasteiger partial charge < -0.3 is 15.2 Å². The summed E-state index contributed by atoms with van der Waals surface area (Å²) in [5.74, 6) is -0.178. The molecule has 0 unspecified atom stereocenters. The monoisotopic (exact) mass is 307 g/mol. The Hall–Kier alpha value is -2.04. The second-order valence-electron chi connectivity index (χ2n) is 6.72. The van der Waals surface area contributed by atoms with Crippen LogP contribution in [0.25, 0.3) is 0 Å². The summed E-state index contributed by atoms with van der Waals surface area (Å²) in [7, 11) is 0. The molecule has 1 rings (SSSR count). The van der Waals surface area contributed by atoms with E-state index in [1.165, 1.54) is 0 Å². The van der Waals surface area contributed by atoms with Crippen molar-refractivity contribution in [3.05, 3.63) is 29.8 Å². The van der Waals surface area contributed by atoms with E-state index >= 15 is 0 Å². The van der Waals surface area contributed by atoms with Crippen molar-refractivity contribution in [1.82, 2.24) is 0 Å². The Bertz CT molecular complexity index is 527. The summed E-state index contributed by atoms with van der Waals surface area (Å²) in [5.41, 5.74) is 4.47. The number of carbonyl (C=O) groups excluding carboxylic acids is 2. The van der Waals surface area contributed by atoms with E-state index in [0.29, 0.717) is 18.6 Å².